The summed E-state index contributed by atoms with van der Waals surface area (Å²) in [5.74, 6) is -6.46. The first-order valence-corrected chi connectivity index (χ1v) is 12.7. The second kappa shape index (κ2) is 8.71. The maximum absolute atomic E-state index is 14.0. The van der Waals surface area contributed by atoms with Crippen LogP contribution in [0.4, 0.5) is 5.69 Å². The van der Waals surface area contributed by atoms with Crippen molar-refractivity contribution in [3.8, 4) is 5.75 Å². The van der Waals surface area contributed by atoms with E-state index < -0.39 is 58.0 Å². The molecule has 1 unspecified atom stereocenters. The van der Waals surface area contributed by atoms with E-state index in [0.29, 0.717) is 11.1 Å². The van der Waals surface area contributed by atoms with Crippen molar-refractivity contribution in [2.75, 3.05) is 33.1 Å². The van der Waals surface area contributed by atoms with Gasteiger partial charge in [0, 0.05) is 42.8 Å². The van der Waals surface area contributed by atoms with Crippen molar-refractivity contribution < 1.29 is 34.8 Å². The summed E-state index contributed by atoms with van der Waals surface area (Å²) in [5.41, 5.74) is 3.97. The van der Waals surface area contributed by atoms with E-state index in [0.717, 1.165) is 18.5 Å². The van der Waals surface area contributed by atoms with Gasteiger partial charge in [0.25, 0.3) is 5.91 Å². The molecule has 0 saturated heterocycles. The van der Waals surface area contributed by atoms with Crippen LogP contribution in [0.2, 0.25) is 0 Å². The lowest BCUT2D eigenvalue weighted by Gasteiger charge is -2.50. The van der Waals surface area contributed by atoms with Crippen LogP contribution in [0.15, 0.2) is 35.1 Å². The molecule has 5 atom stereocenters. The molecule has 1 aromatic carbocycles. The van der Waals surface area contributed by atoms with E-state index in [-0.39, 0.29) is 35.6 Å². The van der Waals surface area contributed by atoms with Crippen LogP contribution in [0.1, 0.15) is 41.9 Å². The lowest BCUT2D eigenvalue weighted by Crippen LogP contribution is -2.65. The van der Waals surface area contributed by atoms with Gasteiger partial charge in [0.1, 0.15) is 22.8 Å². The average molecular weight is 524 g/mol. The van der Waals surface area contributed by atoms with E-state index in [1.54, 1.807) is 14.1 Å². The number of amides is 1. The molecule has 4 aliphatic rings. The molecule has 4 aliphatic carbocycles. The number of aliphatic hydroxyl groups excluding tert-OH is 2. The average Bonchev–Trinajstić information content (AvgIpc) is 3.35. The monoisotopic (exact) mass is 523 g/mol. The number of benzene rings is 1. The Hall–Kier alpha value is -3.63. The van der Waals surface area contributed by atoms with Crippen LogP contribution < -0.4 is 10.6 Å². The molecule has 0 heterocycles. The number of anilines is 1. The molecule has 1 amide bonds. The molecular formula is C28H33N3O7. The van der Waals surface area contributed by atoms with Gasteiger partial charge in [-0.3, -0.25) is 19.3 Å². The summed E-state index contributed by atoms with van der Waals surface area (Å²) in [6.45, 7) is 0. The number of nitrogens with zero attached hydrogens (tertiary/aromatic N) is 2. The zero-order valence-corrected chi connectivity index (χ0v) is 21.9. The molecule has 202 valence electrons. The van der Waals surface area contributed by atoms with Gasteiger partial charge in [-0.2, -0.15) is 0 Å². The quantitative estimate of drug-likeness (QED) is 0.290. The van der Waals surface area contributed by atoms with E-state index in [1.165, 1.54) is 4.90 Å². The minimum atomic E-state index is -2.64. The normalized spacial score (nSPS) is 30.5. The summed E-state index contributed by atoms with van der Waals surface area (Å²) in [7, 11) is 6.87. The third-order valence-electron chi connectivity index (χ3n) is 8.62. The fourth-order valence-corrected chi connectivity index (χ4v) is 6.89. The summed E-state index contributed by atoms with van der Waals surface area (Å²) in [6.07, 6.45) is 6.02. The van der Waals surface area contributed by atoms with E-state index in [9.17, 15) is 34.8 Å². The molecule has 10 nitrogen and oxygen atoms in total. The Morgan fingerprint density at radius 3 is 2.37 bits per heavy atom. The van der Waals surface area contributed by atoms with Gasteiger partial charge >= 0.3 is 0 Å². The van der Waals surface area contributed by atoms with Gasteiger partial charge < -0.3 is 31.1 Å². The number of carbonyl (C=O) groups is 3. The number of carbonyl (C=O) groups excluding carboxylic acids is 3. The smallest absolute Gasteiger partial charge is 0.255 e. The molecule has 5 rings (SSSR count). The number of phenolic OH excluding ortho intramolecular Hbond substituents is 1. The molecule has 1 aromatic rings. The second-order valence-corrected chi connectivity index (χ2v) is 11.2. The van der Waals surface area contributed by atoms with Crippen molar-refractivity contribution >= 4 is 28.9 Å². The van der Waals surface area contributed by atoms with Crippen LogP contribution in [-0.4, -0.2) is 82.6 Å². The van der Waals surface area contributed by atoms with Crippen LogP contribution in [0.3, 0.4) is 0 Å². The zero-order chi connectivity index (χ0) is 27.8. The number of fused-ring (bicyclic) bond motifs is 3. The van der Waals surface area contributed by atoms with Crippen molar-refractivity contribution in [1.82, 2.24) is 4.90 Å². The number of aliphatic hydroxyl groups is 3. The van der Waals surface area contributed by atoms with Crippen LogP contribution in [0, 0.1) is 11.8 Å². The van der Waals surface area contributed by atoms with E-state index in [4.69, 9.17) is 5.73 Å². The maximum atomic E-state index is 14.0. The molecule has 0 aliphatic heterocycles. The number of ketones is 2. The lowest BCUT2D eigenvalue weighted by atomic mass is 9.57. The van der Waals surface area contributed by atoms with Crippen LogP contribution in [0.25, 0.3) is 5.76 Å². The predicted molar refractivity (Wildman–Crippen MR) is 140 cm³/mol. The maximum Gasteiger partial charge on any atom is 0.255 e. The third kappa shape index (κ3) is 3.36. The minimum absolute atomic E-state index is 0.0551. The third-order valence-corrected chi connectivity index (χ3v) is 8.62. The Balaban J connectivity index is 1.76. The molecule has 6 N–H and O–H groups in total. The topological polar surface area (TPSA) is 165 Å². The summed E-state index contributed by atoms with van der Waals surface area (Å²) in [4.78, 5) is 42.7. The summed E-state index contributed by atoms with van der Waals surface area (Å²) in [5, 5.41) is 45.7. The van der Waals surface area contributed by atoms with Gasteiger partial charge in [-0.05, 0) is 57.3 Å². The highest BCUT2D eigenvalue weighted by Gasteiger charge is 2.64. The number of primary amides is 1. The molecule has 0 spiro atoms. The number of hydrogen-bond donors (Lipinski definition) is 5. The van der Waals surface area contributed by atoms with Crippen LogP contribution >= 0.6 is 0 Å². The van der Waals surface area contributed by atoms with E-state index in [2.05, 4.69) is 0 Å². The van der Waals surface area contributed by atoms with Gasteiger partial charge in [0.2, 0.25) is 5.78 Å². The van der Waals surface area contributed by atoms with Crippen molar-refractivity contribution in [2.45, 2.75) is 43.2 Å². The number of rotatable bonds is 4. The molecule has 38 heavy (non-hydrogen) atoms. The molecule has 1 fully saturated rings. The Morgan fingerprint density at radius 2 is 1.82 bits per heavy atom. The first-order valence-electron chi connectivity index (χ1n) is 12.7. The van der Waals surface area contributed by atoms with Crippen LogP contribution in [-0.2, 0) is 20.8 Å². The first kappa shape index (κ1) is 26.0. The Kier molecular flexibility index (Phi) is 5.96. The standard InChI is InChI=1S/C28H33N3O7/c1-30(2)17-11-14(12-7-5-6-8-12)22(32)19-15(17)9-13-10-16-21(31(3)4)24(34)20(27(29)37)26(36)28(16,38)25(35)18(13)23(19)33/h5,7,11-13,16,21,32-33,36,38H,6,8-10H2,1-4H3,(H2,29,37)/t12?,13-,16-,21-,28-/m0/s1. The number of Topliss-reactive ketones (excluding diaryl/α,β-unsaturated/α-hetero) is 2. The van der Waals surface area contributed by atoms with Crippen molar-refractivity contribution in [3.63, 3.8) is 0 Å². The summed E-state index contributed by atoms with van der Waals surface area (Å²) in [6, 6.07) is 0.805. The Morgan fingerprint density at radius 1 is 1.13 bits per heavy atom. The van der Waals surface area contributed by atoms with Gasteiger partial charge in [-0.1, -0.05) is 12.2 Å². The molecular weight excluding hydrogens is 490 g/mol. The number of phenols is 1. The van der Waals surface area contributed by atoms with Gasteiger partial charge in [-0.15, -0.1) is 0 Å². The van der Waals surface area contributed by atoms with E-state index >= 15 is 0 Å². The SMILES string of the molecule is CN(C)c1cc(C2C=CCC2)c(O)c2c1C[C@H]1C[C@H]3[C@H](N(C)C)C(=O)C(C(N)=O)=C(O)[C@@]3(O)C(=O)C1=C2O. The molecule has 0 aromatic heterocycles. The number of likely N-dealkylation sites (N-methyl/N-ethyl adjacent to an activating group) is 1. The summed E-state index contributed by atoms with van der Waals surface area (Å²) >= 11 is 0. The number of aromatic hydroxyl groups is 1. The van der Waals surface area contributed by atoms with Gasteiger partial charge in [0.15, 0.2) is 11.4 Å². The predicted octanol–water partition coefficient (Wildman–Crippen LogP) is 1.46. The first-order chi connectivity index (χ1) is 17.8. The fourth-order valence-electron chi connectivity index (χ4n) is 6.89. The highest BCUT2D eigenvalue weighted by Crippen LogP contribution is 2.54. The Labute approximate surface area is 220 Å². The molecule has 1 saturated carbocycles. The second-order valence-electron chi connectivity index (χ2n) is 11.2. The van der Waals surface area contributed by atoms with Crippen molar-refractivity contribution in [3.05, 3.63) is 51.8 Å². The Bertz CT molecular complexity index is 1370. The van der Waals surface area contributed by atoms with Crippen molar-refractivity contribution in [2.24, 2.45) is 17.6 Å². The number of allylic oxidation sites excluding steroid dienone is 2. The van der Waals surface area contributed by atoms with Gasteiger partial charge in [-0.25, -0.2) is 0 Å². The molecule has 0 bridgehead atoms. The highest BCUT2D eigenvalue weighted by atomic mass is 16.3. The van der Waals surface area contributed by atoms with E-state index in [1.807, 2.05) is 37.2 Å². The fraction of sp³-hybridized carbons (Fsp3) is 0.464. The molecule has 10 heteroatoms. The molecule has 0 radical (unpaired) electrons. The summed E-state index contributed by atoms with van der Waals surface area (Å²) < 4.78 is 0. The van der Waals surface area contributed by atoms with Gasteiger partial charge in [0.05, 0.1) is 11.6 Å². The highest BCUT2D eigenvalue weighted by molar-refractivity contribution is 6.24. The lowest BCUT2D eigenvalue weighted by molar-refractivity contribution is -0.153. The van der Waals surface area contributed by atoms with Crippen LogP contribution in [0.5, 0.6) is 5.75 Å². The van der Waals surface area contributed by atoms with Crippen molar-refractivity contribution in [1.29, 1.82) is 0 Å². The minimum Gasteiger partial charge on any atom is -0.508 e. The largest absolute Gasteiger partial charge is 0.508 e. The zero-order valence-electron chi connectivity index (χ0n) is 21.9. The number of nitrogens with two attached hydrogens (primary N) is 1. The number of hydrogen-bond acceptors (Lipinski definition) is 9.